The molecule has 0 unspecified atom stereocenters. The van der Waals surface area contributed by atoms with E-state index in [1.807, 2.05) is 19.9 Å². The Labute approximate surface area is 220 Å². The summed E-state index contributed by atoms with van der Waals surface area (Å²) in [6, 6.07) is 6.27. The van der Waals surface area contributed by atoms with Gasteiger partial charge in [0.1, 0.15) is 16.5 Å². The smallest absolute Gasteiger partial charge is 0.356 e. The Balaban J connectivity index is 1.60. The van der Waals surface area contributed by atoms with E-state index < -0.39 is 12.0 Å². The molecule has 0 spiro atoms. The van der Waals surface area contributed by atoms with Crippen LogP contribution in [0.25, 0.3) is 34.0 Å². The molecule has 0 aliphatic rings. The third-order valence-electron chi connectivity index (χ3n) is 5.88. The summed E-state index contributed by atoms with van der Waals surface area (Å²) in [6.45, 7) is 5.41. The molecule has 1 atom stereocenters. The third-order valence-corrected chi connectivity index (χ3v) is 6.09. The first-order valence-electron chi connectivity index (χ1n) is 11.4. The van der Waals surface area contributed by atoms with Crippen molar-refractivity contribution in [3.8, 4) is 23.1 Å². The maximum atomic E-state index is 13.4. The van der Waals surface area contributed by atoms with Crippen LogP contribution < -0.4 is 10.9 Å². The quantitative estimate of drug-likeness (QED) is 0.304. The van der Waals surface area contributed by atoms with Crippen molar-refractivity contribution >= 4 is 34.2 Å². The van der Waals surface area contributed by atoms with E-state index in [1.165, 1.54) is 23.0 Å². The van der Waals surface area contributed by atoms with Crippen LogP contribution in [-0.4, -0.2) is 45.7 Å². The van der Waals surface area contributed by atoms with Gasteiger partial charge in [-0.25, -0.2) is 24.7 Å². The fourth-order valence-electron chi connectivity index (χ4n) is 4.09. The van der Waals surface area contributed by atoms with Crippen molar-refractivity contribution in [3.05, 3.63) is 74.8 Å². The van der Waals surface area contributed by atoms with Crippen LogP contribution in [0.2, 0.25) is 5.15 Å². The van der Waals surface area contributed by atoms with Crippen LogP contribution in [0.1, 0.15) is 40.4 Å². The van der Waals surface area contributed by atoms with Gasteiger partial charge in [0, 0.05) is 12.6 Å². The van der Waals surface area contributed by atoms with Crippen molar-refractivity contribution in [1.82, 2.24) is 34.6 Å². The number of nitrogens with zero attached hydrogens (tertiary/aromatic N) is 7. The number of halogens is 1. The number of aromatic nitrogens is 7. The molecule has 38 heavy (non-hydrogen) atoms. The molecule has 0 aliphatic heterocycles. The highest BCUT2D eigenvalue weighted by Gasteiger charge is 2.21. The highest BCUT2D eigenvalue weighted by molar-refractivity contribution is 6.29. The molecule has 12 nitrogen and oxygen atoms in total. The molecule has 4 heterocycles. The molecule has 0 radical (unpaired) electrons. The number of aryl methyl sites for hydroxylation is 2. The van der Waals surface area contributed by atoms with E-state index in [1.54, 1.807) is 26.1 Å². The van der Waals surface area contributed by atoms with Crippen LogP contribution in [0.15, 0.2) is 46.0 Å². The minimum Gasteiger partial charge on any atom is -0.476 e. The maximum Gasteiger partial charge on any atom is 0.356 e. The van der Waals surface area contributed by atoms with Gasteiger partial charge in [-0.3, -0.25) is 9.36 Å². The Hall–Kier alpha value is -4.71. The SMILES string of the molecule is Cc1cc([C@@H](C)Nc2ccc(Cl)nc2C(=O)O)c2nc(-c3cnc(-c4nc(C)no4)cn3)n(C)c(=O)c2c1. The zero-order chi connectivity index (χ0) is 27.1. The Morgan fingerprint density at radius 1 is 1.11 bits per heavy atom. The number of aromatic carboxylic acids is 1. The van der Waals surface area contributed by atoms with Crippen molar-refractivity contribution in [1.29, 1.82) is 0 Å². The predicted molar refractivity (Wildman–Crippen MR) is 139 cm³/mol. The van der Waals surface area contributed by atoms with Crippen LogP contribution >= 0.6 is 11.6 Å². The van der Waals surface area contributed by atoms with Gasteiger partial charge in [-0.1, -0.05) is 22.8 Å². The summed E-state index contributed by atoms with van der Waals surface area (Å²) in [7, 11) is 1.61. The number of anilines is 1. The van der Waals surface area contributed by atoms with Crippen molar-refractivity contribution in [3.63, 3.8) is 0 Å². The molecule has 0 saturated carbocycles. The molecule has 13 heteroatoms. The maximum absolute atomic E-state index is 13.4. The molecular formula is C25H21ClN8O4. The highest BCUT2D eigenvalue weighted by atomic mass is 35.5. The number of hydrogen-bond donors (Lipinski definition) is 2. The summed E-state index contributed by atoms with van der Waals surface area (Å²) >= 11 is 5.89. The largest absolute Gasteiger partial charge is 0.476 e. The van der Waals surface area contributed by atoms with Gasteiger partial charge in [-0.05, 0) is 44.5 Å². The Morgan fingerprint density at radius 2 is 1.84 bits per heavy atom. The molecule has 5 aromatic rings. The van der Waals surface area contributed by atoms with Gasteiger partial charge in [-0.15, -0.1) is 0 Å². The minimum atomic E-state index is -1.22. The zero-order valence-electron chi connectivity index (χ0n) is 20.7. The second-order valence-electron chi connectivity index (χ2n) is 8.68. The second kappa shape index (κ2) is 9.63. The van der Waals surface area contributed by atoms with Gasteiger partial charge in [0.2, 0.25) is 0 Å². The summed E-state index contributed by atoms with van der Waals surface area (Å²) in [5.41, 5.74) is 2.55. The Kier molecular flexibility index (Phi) is 6.33. The van der Waals surface area contributed by atoms with Gasteiger partial charge >= 0.3 is 5.97 Å². The van der Waals surface area contributed by atoms with Gasteiger partial charge in [-0.2, -0.15) is 4.98 Å². The molecule has 2 N–H and O–H groups in total. The normalized spacial score (nSPS) is 12.0. The number of hydrogen-bond acceptors (Lipinski definition) is 10. The van der Waals surface area contributed by atoms with E-state index in [-0.39, 0.29) is 28.0 Å². The molecule has 5 rings (SSSR count). The van der Waals surface area contributed by atoms with Crippen molar-refractivity contribution in [2.75, 3.05) is 5.32 Å². The molecule has 4 aromatic heterocycles. The molecule has 0 saturated heterocycles. The number of carboxylic acid groups (broad SMARTS) is 1. The van der Waals surface area contributed by atoms with E-state index in [0.717, 1.165) is 5.56 Å². The Morgan fingerprint density at radius 3 is 2.50 bits per heavy atom. The van der Waals surface area contributed by atoms with Crippen molar-refractivity contribution in [2.24, 2.45) is 7.05 Å². The summed E-state index contributed by atoms with van der Waals surface area (Å²) in [5.74, 6) is -0.208. The van der Waals surface area contributed by atoms with E-state index in [9.17, 15) is 14.7 Å². The monoisotopic (exact) mass is 532 g/mol. The van der Waals surface area contributed by atoms with Crippen LogP contribution in [0.3, 0.4) is 0 Å². The average molecular weight is 533 g/mol. The number of fused-ring (bicyclic) bond motifs is 1. The number of pyridine rings is 1. The second-order valence-corrected chi connectivity index (χ2v) is 9.07. The number of nitrogens with one attached hydrogen (secondary N) is 1. The van der Waals surface area contributed by atoms with Gasteiger partial charge in [0.05, 0.1) is 35.0 Å². The number of carbonyl (C=O) groups is 1. The fraction of sp³-hybridized carbons (Fsp3) is 0.200. The summed E-state index contributed by atoms with van der Waals surface area (Å²) in [4.78, 5) is 46.8. The van der Waals surface area contributed by atoms with E-state index >= 15 is 0 Å². The predicted octanol–water partition coefficient (Wildman–Crippen LogP) is 3.98. The summed E-state index contributed by atoms with van der Waals surface area (Å²) < 4.78 is 6.55. The zero-order valence-corrected chi connectivity index (χ0v) is 21.5. The van der Waals surface area contributed by atoms with E-state index in [4.69, 9.17) is 21.1 Å². The molecule has 0 amide bonds. The molecule has 0 fully saturated rings. The van der Waals surface area contributed by atoms with Crippen LogP contribution in [0.5, 0.6) is 0 Å². The topological polar surface area (TPSA) is 162 Å². The molecule has 192 valence electrons. The van der Waals surface area contributed by atoms with Crippen molar-refractivity contribution < 1.29 is 14.4 Å². The van der Waals surface area contributed by atoms with Crippen LogP contribution in [-0.2, 0) is 7.05 Å². The minimum absolute atomic E-state index is 0.0674. The summed E-state index contributed by atoms with van der Waals surface area (Å²) in [5, 5.41) is 17.0. The lowest BCUT2D eigenvalue weighted by Gasteiger charge is -2.20. The fourth-order valence-corrected chi connectivity index (χ4v) is 4.24. The first-order chi connectivity index (χ1) is 18.1. The lowest BCUT2D eigenvalue weighted by Crippen LogP contribution is -2.22. The molecule has 1 aromatic carbocycles. The molecule has 0 aliphatic carbocycles. The number of benzene rings is 1. The van der Waals surface area contributed by atoms with Crippen LogP contribution in [0, 0.1) is 13.8 Å². The molecular weight excluding hydrogens is 512 g/mol. The first kappa shape index (κ1) is 25.0. The standard InChI is InChI=1S/C25H21ClN8O4/c1-11-7-14(12(2)29-16-5-6-19(26)31-21(16)25(36)37)20-15(8-11)24(35)34(4)22(32-20)17-9-28-18(10-27-17)23-30-13(3)33-38-23/h5-10,12,29H,1-4H3,(H,36,37)/t12-/m1/s1. The number of rotatable bonds is 6. The molecule has 0 bridgehead atoms. The average Bonchev–Trinajstić information content (AvgIpc) is 3.33. The third kappa shape index (κ3) is 4.57. The van der Waals surface area contributed by atoms with E-state index in [0.29, 0.717) is 39.5 Å². The van der Waals surface area contributed by atoms with Crippen LogP contribution in [0.4, 0.5) is 5.69 Å². The summed E-state index contributed by atoms with van der Waals surface area (Å²) in [6.07, 6.45) is 2.95. The highest BCUT2D eigenvalue weighted by Crippen LogP contribution is 2.29. The lowest BCUT2D eigenvalue weighted by atomic mass is 10.0. The van der Waals surface area contributed by atoms with Gasteiger partial charge in [0.25, 0.3) is 11.4 Å². The van der Waals surface area contributed by atoms with E-state index in [2.05, 4.69) is 30.4 Å². The number of carboxylic acids is 1. The van der Waals surface area contributed by atoms with Gasteiger partial charge in [0.15, 0.2) is 17.3 Å². The lowest BCUT2D eigenvalue weighted by molar-refractivity contribution is 0.0691. The first-order valence-corrected chi connectivity index (χ1v) is 11.8. The van der Waals surface area contributed by atoms with Gasteiger partial charge < -0.3 is 14.9 Å². The van der Waals surface area contributed by atoms with Crippen molar-refractivity contribution in [2.45, 2.75) is 26.8 Å². The Bertz CT molecular complexity index is 1760.